The van der Waals surface area contributed by atoms with Crippen LogP contribution in [0, 0.1) is 0 Å². The first-order chi connectivity index (χ1) is 6.81. The molecule has 76 valence electrons. The molecule has 0 saturated carbocycles. The Kier molecular flexibility index (Phi) is 4.17. The lowest BCUT2D eigenvalue weighted by Crippen LogP contribution is -1.96. The van der Waals surface area contributed by atoms with Crippen molar-refractivity contribution < 1.29 is 4.79 Å². The zero-order chi connectivity index (χ0) is 10.4. The largest absolute Gasteiger partial charge is 0.388 e. The maximum Gasteiger partial charge on any atom is 0.152 e. The van der Waals surface area contributed by atoms with E-state index in [1.807, 2.05) is 19.2 Å². The van der Waals surface area contributed by atoms with Gasteiger partial charge >= 0.3 is 0 Å². The molecule has 2 nitrogen and oxygen atoms in total. The van der Waals surface area contributed by atoms with Crippen molar-refractivity contribution in [3.8, 4) is 0 Å². The van der Waals surface area contributed by atoms with E-state index in [0.29, 0.717) is 0 Å². The molecular weight excluding hydrogens is 174 g/mol. The first-order valence-electron chi connectivity index (χ1n) is 5.07. The lowest BCUT2D eigenvalue weighted by molar-refractivity contribution is 0.112. The van der Waals surface area contributed by atoms with E-state index in [4.69, 9.17) is 0 Å². The average molecular weight is 191 g/mol. The molecule has 0 aliphatic rings. The summed E-state index contributed by atoms with van der Waals surface area (Å²) in [6.45, 7) is 2.18. The van der Waals surface area contributed by atoms with Crippen LogP contribution in [0.25, 0.3) is 0 Å². The van der Waals surface area contributed by atoms with Crippen molar-refractivity contribution in [3.05, 3.63) is 29.3 Å². The number of benzene rings is 1. The minimum absolute atomic E-state index is 0.729. The fraction of sp³-hybridized carbons (Fsp3) is 0.417. The van der Waals surface area contributed by atoms with Crippen LogP contribution < -0.4 is 5.32 Å². The van der Waals surface area contributed by atoms with E-state index in [1.165, 1.54) is 18.4 Å². The van der Waals surface area contributed by atoms with Crippen molar-refractivity contribution in [2.24, 2.45) is 0 Å². The van der Waals surface area contributed by atoms with E-state index in [9.17, 15) is 4.79 Å². The molecule has 0 atom stereocenters. The number of nitrogens with one attached hydrogen (secondary N) is 1. The molecule has 1 rings (SSSR count). The molecule has 1 N–H and O–H groups in total. The van der Waals surface area contributed by atoms with Crippen LogP contribution in [0.5, 0.6) is 0 Å². The molecule has 0 saturated heterocycles. The van der Waals surface area contributed by atoms with Gasteiger partial charge in [0.1, 0.15) is 0 Å². The number of carbonyl (C=O) groups is 1. The first kappa shape index (κ1) is 10.8. The highest BCUT2D eigenvalue weighted by molar-refractivity contribution is 5.84. The molecule has 0 aromatic heterocycles. The van der Waals surface area contributed by atoms with Gasteiger partial charge in [-0.1, -0.05) is 19.4 Å². The summed E-state index contributed by atoms with van der Waals surface area (Å²) >= 11 is 0. The number of carbonyl (C=O) groups excluding carboxylic acids is 1. The maximum absolute atomic E-state index is 10.7. The number of rotatable bonds is 5. The number of hydrogen-bond donors (Lipinski definition) is 1. The van der Waals surface area contributed by atoms with Gasteiger partial charge in [-0.2, -0.15) is 0 Å². The van der Waals surface area contributed by atoms with E-state index in [1.54, 1.807) is 0 Å². The zero-order valence-corrected chi connectivity index (χ0v) is 8.84. The Morgan fingerprint density at radius 3 is 2.79 bits per heavy atom. The predicted octanol–water partition coefficient (Wildman–Crippen LogP) is 2.88. The van der Waals surface area contributed by atoms with Crippen molar-refractivity contribution in [1.29, 1.82) is 0 Å². The van der Waals surface area contributed by atoms with Gasteiger partial charge in [0.25, 0.3) is 0 Å². The van der Waals surface area contributed by atoms with Crippen LogP contribution >= 0.6 is 0 Å². The summed E-state index contributed by atoms with van der Waals surface area (Å²) < 4.78 is 0. The summed E-state index contributed by atoms with van der Waals surface area (Å²) in [4.78, 5) is 10.7. The molecule has 0 aliphatic carbocycles. The Hall–Kier alpha value is -1.31. The highest BCUT2D eigenvalue weighted by atomic mass is 16.1. The second kappa shape index (κ2) is 5.43. The van der Waals surface area contributed by atoms with Crippen LogP contribution in [-0.2, 0) is 6.42 Å². The summed E-state index contributed by atoms with van der Waals surface area (Å²) in [7, 11) is 1.84. The van der Waals surface area contributed by atoms with Crippen molar-refractivity contribution in [2.75, 3.05) is 12.4 Å². The van der Waals surface area contributed by atoms with E-state index >= 15 is 0 Å². The standard InChI is InChI=1S/C12H17NO/c1-3-4-5-10-6-7-11(9-14)12(8-10)13-2/h6-9,13H,3-5H2,1-2H3. The summed E-state index contributed by atoms with van der Waals surface area (Å²) in [5.74, 6) is 0. The minimum Gasteiger partial charge on any atom is -0.388 e. The lowest BCUT2D eigenvalue weighted by Gasteiger charge is -2.06. The van der Waals surface area contributed by atoms with Crippen LogP contribution in [-0.4, -0.2) is 13.3 Å². The fourth-order valence-corrected chi connectivity index (χ4v) is 1.46. The number of hydrogen-bond acceptors (Lipinski definition) is 2. The van der Waals surface area contributed by atoms with E-state index in [-0.39, 0.29) is 0 Å². The summed E-state index contributed by atoms with van der Waals surface area (Å²) in [5.41, 5.74) is 2.95. The number of aryl methyl sites for hydroxylation is 1. The molecule has 0 radical (unpaired) electrons. The highest BCUT2D eigenvalue weighted by Gasteiger charge is 2.00. The Balaban J connectivity index is 2.84. The fourth-order valence-electron chi connectivity index (χ4n) is 1.46. The van der Waals surface area contributed by atoms with Gasteiger partial charge in [-0.25, -0.2) is 0 Å². The Bertz CT molecular complexity index is 307. The van der Waals surface area contributed by atoms with Crippen LogP contribution in [0.15, 0.2) is 18.2 Å². The quantitative estimate of drug-likeness (QED) is 0.725. The van der Waals surface area contributed by atoms with Gasteiger partial charge in [-0.3, -0.25) is 4.79 Å². The van der Waals surface area contributed by atoms with Crippen LogP contribution in [0.2, 0.25) is 0 Å². The van der Waals surface area contributed by atoms with Crippen LogP contribution in [0.3, 0.4) is 0 Å². The lowest BCUT2D eigenvalue weighted by atomic mass is 10.0. The van der Waals surface area contributed by atoms with E-state index in [0.717, 1.165) is 24.0 Å². The van der Waals surface area contributed by atoms with Crippen molar-refractivity contribution in [3.63, 3.8) is 0 Å². The molecule has 0 amide bonds. The molecular formula is C12H17NO. The summed E-state index contributed by atoms with van der Waals surface area (Å²) in [6.07, 6.45) is 4.37. The molecule has 2 heteroatoms. The van der Waals surface area contributed by atoms with Crippen molar-refractivity contribution in [2.45, 2.75) is 26.2 Å². The minimum atomic E-state index is 0.729. The molecule has 14 heavy (non-hydrogen) atoms. The topological polar surface area (TPSA) is 29.1 Å². The molecule has 0 aliphatic heterocycles. The van der Waals surface area contributed by atoms with Gasteiger partial charge in [0, 0.05) is 18.3 Å². The van der Waals surface area contributed by atoms with Gasteiger partial charge < -0.3 is 5.32 Å². The molecule has 0 spiro atoms. The molecule has 0 fully saturated rings. The summed E-state index contributed by atoms with van der Waals surface area (Å²) in [6, 6.07) is 5.96. The molecule has 0 heterocycles. The van der Waals surface area contributed by atoms with Crippen LogP contribution in [0.1, 0.15) is 35.7 Å². The normalized spacial score (nSPS) is 9.86. The number of aldehydes is 1. The second-order valence-electron chi connectivity index (χ2n) is 3.39. The maximum atomic E-state index is 10.7. The third kappa shape index (κ3) is 2.59. The Labute approximate surface area is 85.3 Å². The predicted molar refractivity (Wildman–Crippen MR) is 60.0 cm³/mol. The molecule has 1 aromatic rings. The summed E-state index contributed by atoms with van der Waals surface area (Å²) in [5, 5.41) is 3.03. The van der Waals surface area contributed by atoms with Gasteiger partial charge in [-0.05, 0) is 30.5 Å². The van der Waals surface area contributed by atoms with Crippen molar-refractivity contribution >= 4 is 12.0 Å². The Morgan fingerprint density at radius 2 is 2.21 bits per heavy atom. The SMILES string of the molecule is CCCCc1ccc(C=O)c(NC)c1. The highest BCUT2D eigenvalue weighted by Crippen LogP contribution is 2.16. The Morgan fingerprint density at radius 1 is 1.43 bits per heavy atom. The van der Waals surface area contributed by atoms with E-state index in [2.05, 4.69) is 18.3 Å². The van der Waals surface area contributed by atoms with Crippen molar-refractivity contribution in [1.82, 2.24) is 0 Å². The average Bonchev–Trinajstić information content (AvgIpc) is 2.25. The van der Waals surface area contributed by atoms with Gasteiger partial charge in [0.2, 0.25) is 0 Å². The first-order valence-corrected chi connectivity index (χ1v) is 5.07. The number of anilines is 1. The van der Waals surface area contributed by atoms with E-state index < -0.39 is 0 Å². The zero-order valence-electron chi connectivity index (χ0n) is 8.84. The smallest absolute Gasteiger partial charge is 0.152 e. The third-order valence-corrected chi connectivity index (χ3v) is 2.33. The van der Waals surface area contributed by atoms with Crippen LogP contribution in [0.4, 0.5) is 5.69 Å². The van der Waals surface area contributed by atoms with Gasteiger partial charge in [0.15, 0.2) is 6.29 Å². The van der Waals surface area contributed by atoms with Gasteiger partial charge in [0.05, 0.1) is 0 Å². The monoisotopic (exact) mass is 191 g/mol. The molecule has 0 unspecified atom stereocenters. The van der Waals surface area contributed by atoms with Gasteiger partial charge in [-0.15, -0.1) is 0 Å². The molecule has 1 aromatic carbocycles. The molecule has 0 bridgehead atoms. The number of unbranched alkanes of at least 4 members (excludes halogenated alkanes) is 1. The second-order valence-corrected chi connectivity index (χ2v) is 3.39. The third-order valence-electron chi connectivity index (χ3n) is 2.33.